The van der Waals surface area contributed by atoms with Gasteiger partial charge in [-0.1, -0.05) is 23.7 Å². The Hall–Kier alpha value is -2.47. The van der Waals surface area contributed by atoms with E-state index >= 15 is 0 Å². The molecule has 0 saturated heterocycles. The van der Waals surface area contributed by atoms with Crippen molar-refractivity contribution in [2.75, 3.05) is 0 Å². The first-order chi connectivity index (χ1) is 10.5. The van der Waals surface area contributed by atoms with E-state index in [0.717, 1.165) is 12.1 Å². The summed E-state index contributed by atoms with van der Waals surface area (Å²) in [6, 6.07) is 9.14. The van der Waals surface area contributed by atoms with Gasteiger partial charge in [0.05, 0.1) is 12.0 Å². The van der Waals surface area contributed by atoms with Crippen LogP contribution in [-0.4, -0.2) is 11.8 Å². The van der Waals surface area contributed by atoms with E-state index < -0.39 is 23.4 Å². The molecule has 0 aliphatic carbocycles. The molecule has 0 fully saturated rings. The molecule has 0 bridgehead atoms. The number of carbonyl (C=O) groups excluding carboxylic acids is 2. The number of nitrogens with one attached hydrogen (secondary N) is 2. The highest BCUT2D eigenvalue weighted by Gasteiger charge is 2.13. The number of rotatable bonds is 3. The second-order valence-corrected chi connectivity index (χ2v) is 4.87. The quantitative estimate of drug-likeness (QED) is 0.853. The van der Waals surface area contributed by atoms with E-state index in [1.54, 1.807) is 24.3 Å². The SMILES string of the molecule is O=C(Cc1ccc(Cl)cc1)NNC(=O)c1ccc(F)cc1F. The standard InChI is InChI=1S/C15H11ClF2N2O2/c16-10-3-1-9(2-4-10)7-14(21)19-20-15(22)12-6-5-11(17)8-13(12)18/h1-6,8H,7H2,(H,19,21)(H,20,22). The van der Waals surface area contributed by atoms with E-state index in [0.29, 0.717) is 16.7 Å². The minimum Gasteiger partial charge on any atom is -0.273 e. The summed E-state index contributed by atoms with van der Waals surface area (Å²) in [5.41, 5.74) is 4.55. The lowest BCUT2D eigenvalue weighted by molar-refractivity contribution is -0.121. The van der Waals surface area contributed by atoms with Gasteiger partial charge in [-0.2, -0.15) is 0 Å². The lowest BCUT2D eigenvalue weighted by atomic mass is 10.1. The van der Waals surface area contributed by atoms with Crippen LogP contribution in [-0.2, 0) is 11.2 Å². The van der Waals surface area contributed by atoms with Crippen molar-refractivity contribution < 1.29 is 18.4 Å². The van der Waals surface area contributed by atoms with E-state index in [4.69, 9.17) is 11.6 Å². The Morgan fingerprint density at radius 1 is 1.00 bits per heavy atom. The van der Waals surface area contributed by atoms with Crippen molar-refractivity contribution in [1.29, 1.82) is 0 Å². The van der Waals surface area contributed by atoms with Gasteiger partial charge in [0.1, 0.15) is 11.6 Å². The molecule has 2 amide bonds. The summed E-state index contributed by atoms with van der Waals surface area (Å²) in [6.07, 6.45) is 0.0172. The Kier molecular flexibility index (Phi) is 5.06. The zero-order valence-corrected chi connectivity index (χ0v) is 12.0. The summed E-state index contributed by atoms with van der Waals surface area (Å²) < 4.78 is 26.1. The molecule has 2 rings (SSSR count). The van der Waals surface area contributed by atoms with Gasteiger partial charge in [0.2, 0.25) is 5.91 Å². The number of hydrogen-bond donors (Lipinski definition) is 2. The van der Waals surface area contributed by atoms with Gasteiger partial charge in [-0.25, -0.2) is 8.78 Å². The smallest absolute Gasteiger partial charge is 0.272 e. The molecule has 0 aliphatic heterocycles. The molecule has 2 aromatic carbocycles. The van der Waals surface area contributed by atoms with Gasteiger partial charge in [-0.3, -0.25) is 20.4 Å². The van der Waals surface area contributed by atoms with Crippen molar-refractivity contribution in [2.24, 2.45) is 0 Å². The van der Waals surface area contributed by atoms with Crippen molar-refractivity contribution in [2.45, 2.75) is 6.42 Å². The fraction of sp³-hybridized carbons (Fsp3) is 0.0667. The summed E-state index contributed by atoms with van der Waals surface area (Å²) in [4.78, 5) is 23.3. The number of benzene rings is 2. The normalized spacial score (nSPS) is 10.1. The molecule has 0 radical (unpaired) electrons. The zero-order chi connectivity index (χ0) is 16.1. The van der Waals surface area contributed by atoms with E-state index in [1.807, 2.05) is 0 Å². The monoisotopic (exact) mass is 324 g/mol. The van der Waals surface area contributed by atoms with Crippen LogP contribution in [0.25, 0.3) is 0 Å². The largest absolute Gasteiger partial charge is 0.273 e. The van der Waals surface area contributed by atoms with Crippen LogP contribution in [0.2, 0.25) is 5.02 Å². The third-order valence-corrected chi connectivity index (χ3v) is 3.02. The fourth-order valence-electron chi connectivity index (χ4n) is 1.70. The average Bonchev–Trinajstić information content (AvgIpc) is 2.47. The predicted molar refractivity (Wildman–Crippen MR) is 77.1 cm³/mol. The van der Waals surface area contributed by atoms with Gasteiger partial charge in [0, 0.05) is 11.1 Å². The molecule has 0 aliphatic rings. The van der Waals surface area contributed by atoms with Crippen LogP contribution in [0.3, 0.4) is 0 Å². The van der Waals surface area contributed by atoms with E-state index in [2.05, 4.69) is 10.9 Å². The minimum atomic E-state index is -1.01. The first kappa shape index (κ1) is 15.9. The van der Waals surface area contributed by atoms with Crippen LogP contribution in [0.15, 0.2) is 42.5 Å². The second-order valence-electron chi connectivity index (χ2n) is 4.43. The first-order valence-electron chi connectivity index (χ1n) is 6.24. The molecule has 114 valence electrons. The summed E-state index contributed by atoms with van der Waals surface area (Å²) in [7, 11) is 0. The maximum Gasteiger partial charge on any atom is 0.272 e. The lowest BCUT2D eigenvalue weighted by Gasteiger charge is -2.08. The number of hydrazine groups is 1. The van der Waals surface area contributed by atoms with Crippen molar-refractivity contribution >= 4 is 23.4 Å². The van der Waals surface area contributed by atoms with Gasteiger partial charge in [-0.05, 0) is 29.8 Å². The summed E-state index contributed by atoms with van der Waals surface area (Å²) >= 11 is 5.72. The third kappa shape index (κ3) is 4.26. The van der Waals surface area contributed by atoms with Crippen LogP contribution in [0.5, 0.6) is 0 Å². The number of halogens is 3. The van der Waals surface area contributed by atoms with Crippen LogP contribution in [0, 0.1) is 11.6 Å². The van der Waals surface area contributed by atoms with E-state index in [-0.39, 0.29) is 12.0 Å². The molecule has 0 saturated carbocycles. The van der Waals surface area contributed by atoms with Gasteiger partial charge >= 0.3 is 0 Å². The van der Waals surface area contributed by atoms with Crippen LogP contribution >= 0.6 is 11.6 Å². The molecular formula is C15H11ClF2N2O2. The Balaban J connectivity index is 1.90. The van der Waals surface area contributed by atoms with Crippen LogP contribution in [0.1, 0.15) is 15.9 Å². The number of amides is 2. The molecule has 22 heavy (non-hydrogen) atoms. The van der Waals surface area contributed by atoms with Crippen LogP contribution in [0.4, 0.5) is 8.78 Å². The Morgan fingerprint density at radius 3 is 2.32 bits per heavy atom. The van der Waals surface area contributed by atoms with Gasteiger partial charge < -0.3 is 0 Å². The second kappa shape index (κ2) is 7.00. The molecular weight excluding hydrogens is 314 g/mol. The highest BCUT2D eigenvalue weighted by atomic mass is 35.5. The maximum absolute atomic E-state index is 13.4. The summed E-state index contributed by atoms with van der Waals surface area (Å²) in [5.74, 6) is -3.16. The highest BCUT2D eigenvalue weighted by molar-refractivity contribution is 6.30. The van der Waals surface area contributed by atoms with Crippen molar-refractivity contribution in [3.8, 4) is 0 Å². The maximum atomic E-state index is 13.4. The molecule has 4 nitrogen and oxygen atoms in total. The van der Waals surface area contributed by atoms with Crippen LogP contribution < -0.4 is 10.9 Å². The molecule has 0 unspecified atom stereocenters. The number of carbonyl (C=O) groups is 2. The fourth-order valence-corrected chi connectivity index (χ4v) is 1.83. The van der Waals surface area contributed by atoms with Crippen molar-refractivity contribution in [1.82, 2.24) is 10.9 Å². The van der Waals surface area contributed by atoms with Crippen molar-refractivity contribution in [3.05, 3.63) is 70.2 Å². The Bertz CT molecular complexity index is 705. The van der Waals surface area contributed by atoms with Gasteiger partial charge in [0.25, 0.3) is 5.91 Å². The highest BCUT2D eigenvalue weighted by Crippen LogP contribution is 2.10. The average molecular weight is 325 g/mol. The van der Waals surface area contributed by atoms with Gasteiger partial charge in [0.15, 0.2) is 0 Å². The van der Waals surface area contributed by atoms with E-state index in [1.165, 1.54) is 0 Å². The van der Waals surface area contributed by atoms with E-state index in [9.17, 15) is 18.4 Å². The molecule has 2 N–H and O–H groups in total. The van der Waals surface area contributed by atoms with Gasteiger partial charge in [-0.15, -0.1) is 0 Å². The molecule has 0 spiro atoms. The first-order valence-corrected chi connectivity index (χ1v) is 6.62. The zero-order valence-electron chi connectivity index (χ0n) is 11.2. The Labute approximate surface area is 130 Å². The topological polar surface area (TPSA) is 58.2 Å². The molecule has 0 heterocycles. The predicted octanol–water partition coefficient (Wildman–Crippen LogP) is 2.62. The molecule has 2 aromatic rings. The summed E-state index contributed by atoms with van der Waals surface area (Å²) in [5, 5.41) is 0.546. The minimum absolute atomic E-state index is 0.0172. The van der Waals surface area contributed by atoms with Crippen molar-refractivity contribution in [3.63, 3.8) is 0 Å². The number of hydrogen-bond acceptors (Lipinski definition) is 2. The molecule has 0 aromatic heterocycles. The third-order valence-electron chi connectivity index (χ3n) is 2.77. The Morgan fingerprint density at radius 2 is 1.68 bits per heavy atom. The lowest BCUT2D eigenvalue weighted by Crippen LogP contribution is -2.42. The summed E-state index contributed by atoms with van der Waals surface area (Å²) in [6.45, 7) is 0. The molecule has 7 heteroatoms. The molecule has 0 atom stereocenters.